The van der Waals surface area contributed by atoms with Gasteiger partial charge in [0, 0.05) is 23.0 Å². The van der Waals surface area contributed by atoms with Gasteiger partial charge in [0.25, 0.3) is 0 Å². The van der Waals surface area contributed by atoms with Gasteiger partial charge in [0.1, 0.15) is 5.82 Å². The van der Waals surface area contributed by atoms with Crippen molar-refractivity contribution in [3.8, 4) is 0 Å². The van der Waals surface area contributed by atoms with Gasteiger partial charge in [0.05, 0.1) is 6.42 Å². The zero-order valence-electron chi connectivity index (χ0n) is 10.9. The third-order valence-electron chi connectivity index (χ3n) is 3.54. The average molecular weight is 296 g/mol. The first kappa shape index (κ1) is 13.5. The Hall–Kier alpha value is -1.46. The Morgan fingerprint density at radius 2 is 2.35 bits per heavy atom. The number of nitrogens with zero attached hydrogens (tertiary/aromatic N) is 2. The molecule has 0 aliphatic carbocycles. The fourth-order valence-corrected chi connectivity index (χ4v) is 2.66. The highest BCUT2D eigenvalue weighted by Crippen LogP contribution is 2.24. The molecule has 6 heteroatoms. The lowest BCUT2D eigenvalue weighted by molar-refractivity contribution is 0.365. The van der Waals surface area contributed by atoms with E-state index in [9.17, 15) is 4.39 Å². The molecule has 2 aromatic rings. The molecule has 1 aliphatic rings. The van der Waals surface area contributed by atoms with Crippen LogP contribution >= 0.6 is 11.6 Å². The summed E-state index contributed by atoms with van der Waals surface area (Å²) in [5, 5.41) is 7.69. The third-order valence-corrected chi connectivity index (χ3v) is 3.89. The highest BCUT2D eigenvalue weighted by atomic mass is 35.5. The first-order valence-electron chi connectivity index (χ1n) is 6.70. The first-order chi connectivity index (χ1) is 9.74. The largest absolute Gasteiger partial charge is 0.339 e. The van der Waals surface area contributed by atoms with Crippen molar-refractivity contribution in [3.63, 3.8) is 0 Å². The molecule has 20 heavy (non-hydrogen) atoms. The maximum absolute atomic E-state index is 13.7. The summed E-state index contributed by atoms with van der Waals surface area (Å²) in [6.07, 6.45) is 2.37. The normalized spacial score (nSPS) is 19.2. The van der Waals surface area contributed by atoms with Crippen LogP contribution in [0.15, 0.2) is 22.7 Å². The van der Waals surface area contributed by atoms with E-state index >= 15 is 0 Å². The molecule has 1 aromatic carbocycles. The van der Waals surface area contributed by atoms with Crippen molar-refractivity contribution in [2.24, 2.45) is 0 Å². The van der Waals surface area contributed by atoms with Crippen LogP contribution in [0.3, 0.4) is 0 Å². The van der Waals surface area contributed by atoms with E-state index in [4.69, 9.17) is 16.1 Å². The van der Waals surface area contributed by atoms with Crippen LogP contribution in [0.4, 0.5) is 4.39 Å². The number of halogens is 2. The predicted molar refractivity (Wildman–Crippen MR) is 73.4 cm³/mol. The van der Waals surface area contributed by atoms with Gasteiger partial charge in [-0.3, -0.25) is 0 Å². The van der Waals surface area contributed by atoms with Crippen LogP contribution in [0.5, 0.6) is 0 Å². The fourth-order valence-electron chi connectivity index (χ4n) is 2.43. The van der Waals surface area contributed by atoms with Gasteiger partial charge in [0.2, 0.25) is 5.89 Å². The molecule has 1 aromatic heterocycles. The molecule has 0 bridgehead atoms. The molecule has 0 spiro atoms. The molecule has 106 valence electrons. The fraction of sp³-hybridized carbons (Fsp3) is 0.429. The van der Waals surface area contributed by atoms with Crippen LogP contribution in [0, 0.1) is 5.82 Å². The molecule has 1 saturated heterocycles. The van der Waals surface area contributed by atoms with Gasteiger partial charge in [-0.1, -0.05) is 22.8 Å². The predicted octanol–water partition coefficient (Wildman–Crippen LogP) is 2.92. The van der Waals surface area contributed by atoms with Crippen LogP contribution < -0.4 is 5.32 Å². The van der Waals surface area contributed by atoms with Crippen molar-refractivity contribution in [3.05, 3.63) is 46.3 Å². The highest BCUT2D eigenvalue weighted by molar-refractivity contribution is 6.31. The number of rotatable bonds is 3. The van der Waals surface area contributed by atoms with Crippen LogP contribution in [0.25, 0.3) is 0 Å². The Kier molecular flexibility index (Phi) is 3.98. The molecule has 0 saturated carbocycles. The molecular weight excluding hydrogens is 281 g/mol. The molecule has 1 aliphatic heterocycles. The van der Waals surface area contributed by atoms with Crippen LogP contribution in [-0.2, 0) is 6.42 Å². The standard InChI is InChI=1S/C14H15ClFN3O/c15-11-4-1-5-12(16)10(11)7-13-18-14(19-20-13)9-3-2-6-17-8-9/h1,4-5,9,17H,2-3,6-8H2. The zero-order chi connectivity index (χ0) is 13.9. The Labute approximate surface area is 121 Å². The molecule has 1 fully saturated rings. The molecule has 1 atom stereocenters. The second-order valence-corrected chi connectivity index (χ2v) is 5.37. The Morgan fingerprint density at radius 1 is 1.45 bits per heavy atom. The van der Waals surface area contributed by atoms with Gasteiger partial charge in [0.15, 0.2) is 5.82 Å². The van der Waals surface area contributed by atoms with Crippen molar-refractivity contribution in [2.45, 2.75) is 25.2 Å². The molecule has 0 radical (unpaired) electrons. The summed E-state index contributed by atoms with van der Waals surface area (Å²) < 4.78 is 18.9. The van der Waals surface area contributed by atoms with Gasteiger partial charge < -0.3 is 9.84 Å². The van der Waals surface area contributed by atoms with Crippen LogP contribution in [-0.4, -0.2) is 23.2 Å². The van der Waals surface area contributed by atoms with Crippen molar-refractivity contribution in [1.82, 2.24) is 15.5 Å². The lowest BCUT2D eigenvalue weighted by Crippen LogP contribution is -2.28. The summed E-state index contributed by atoms with van der Waals surface area (Å²) in [7, 11) is 0. The van der Waals surface area contributed by atoms with Crippen molar-refractivity contribution in [2.75, 3.05) is 13.1 Å². The monoisotopic (exact) mass is 295 g/mol. The van der Waals surface area contributed by atoms with Crippen molar-refractivity contribution in [1.29, 1.82) is 0 Å². The maximum atomic E-state index is 13.7. The number of aromatic nitrogens is 2. The minimum atomic E-state index is -0.350. The van der Waals surface area contributed by atoms with Gasteiger partial charge >= 0.3 is 0 Å². The van der Waals surface area contributed by atoms with E-state index in [0.29, 0.717) is 22.3 Å². The van der Waals surface area contributed by atoms with E-state index in [1.165, 1.54) is 6.07 Å². The smallest absolute Gasteiger partial charge is 0.231 e. The number of hydrogen-bond acceptors (Lipinski definition) is 4. The minimum Gasteiger partial charge on any atom is -0.339 e. The quantitative estimate of drug-likeness (QED) is 0.946. The van der Waals surface area contributed by atoms with Crippen molar-refractivity contribution < 1.29 is 8.91 Å². The average Bonchev–Trinajstić information content (AvgIpc) is 2.93. The molecule has 0 amide bonds. The summed E-state index contributed by atoms with van der Waals surface area (Å²) in [6, 6.07) is 4.61. The molecule has 3 rings (SSSR count). The van der Waals surface area contributed by atoms with E-state index in [1.54, 1.807) is 12.1 Å². The number of benzene rings is 1. The Morgan fingerprint density at radius 3 is 3.10 bits per heavy atom. The summed E-state index contributed by atoms with van der Waals surface area (Å²) in [5.74, 6) is 1.02. The number of nitrogens with one attached hydrogen (secondary N) is 1. The molecule has 2 heterocycles. The highest BCUT2D eigenvalue weighted by Gasteiger charge is 2.21. The van der Waals surface area contributed by atoms with Gasteiger partial charge in [-0.25, -0.2) is 4.39 Å². The molecule has 1 unspecified atom stereocenters. The second-order valence-electron chi connectivity index (χ2n) is 4.97. The summed E-state index contributed by atoms with van der Waals surface area (Å²) in [6.45, 7) is 1.89. The van der Waals surface area contributed by atoms with Gasteiger partial charge in [-0.2, -0.15) is 4.98 Å². The number of hydrogen-bond donors (Lipinski definition) is 1. The lowest BCUT2D eigenvalue weighted by atomic mass is 9.99. The van der Waals surface area contributed by atoms with Crippen LogP contribution in [0.1, 0.15) is 36.0 Å². The summed E-state index contributed by atoms with van der Waals surface area (Å²) in [4.78, 5) is 4.37. The Balaban J connectivity index is 1.77. The van der Waals surface area contributed by atoms with E-state index in [-0.39, 0.29) is 18.2 Å². The van der Waals surface area contributed by atoms with Crippen LogP contribution in [0.2, 0.25) is 5.02 Å². The molecular formula is C14H15ClFN3O. The third kappa shape index (κ3) is 2.83. The van der Waals surface area contributed by atoms with Gasteiger partial charge in [-0.15, -0.1) is 0 Å². The SMILES string of the molecule is Fc1cccc(Cl)c1Cc1nc(C2CCCNC2)no1. The second kappa shape index (κ2) is 5.89. The van der Waals surface area contributed by atoms with E-state index in [2.05, 4.69) is 15.5 Å². The summed E-state index contributed by atoms with van der Waals surface area (Å²) in [5.41, 5.74) is 0.395. The molecule has 1 N–H and O–H groups in total. The zero-order valence-corrected chi connectivity index (χ0v) is 11.7. The topological polar surface area (TPSA) is 51.0 Å². The first-order valence-corrected chi connectivity index (χ1v) is 7.08. The van der Waals surface area contributed by atoms with E-state index in [1.807, 2.05) is 0 Å². The lowest BCUT2D eigenvalue weighted by Gasteiger charge is -2.19. The van der Waals surface area contributed by atoms with E-state index < -0.39 is 0 Å². The summed E-state index contributed by atoms with van der Waals surface area (Å²) >= 11 is 6.00. The number of piperidine rings is 1. The van der Waals surface area contributed by atoms with Crippen molar-refractivity contribution >= 4 is 11.6 Å². The van der Waals surface area contributed by atoms with Gasteiger partial charge in [-0.05, 0) is 31.5 Å². The molecule has 4 nitrogen and oxygen atoms in total. The maximum Gasteiger partial charge on any atom is 0.231 e. The minimum absolute atomic E-state index is 0.221. The Bertz CT molecular complexity index is 576. The van der Waals surface area contributed by atoms with E-state index in [0.717, 1.165) is 25.9 Å².